The predicted octanol–water partition coefficient (Wildman–Crippen LogP) is 5.24. The molecule has 1 aliphatic carbocycles. The fourth-order valence-corrected chi connectivity index (χ4v) is 4.51. The molecule has 1 saturated heterocycles. The van der Waals surface area contributed by atoms with Gasteiger partial charge in [-0.05, 0) is 65.3 Å². The second-order valence-electron chi connectivity index (χ2n) is 9.01. The van der Waals surface area contributed by atoms with Crippen LogP contribution >= 0.6 is 0 Å². The molecule has 3 nitrogen and oxygen atoms in total. The Morgan fingerprint density at radius 3 is 2.48 bits per heavy atom. The first-order valence-electron chi connectivity index (χ1n) is 11.2. The second-order valence-corrected chi connectivity index (χ2v) is 9.01. The van der Waals surface area contributed by atoms with E-state index in [-0.39, 0.29) is 18.8 Å². The number of benzene rings is 2. The van der Waals surface area contributed by atoms with E-state index in [2.05, 4.69) is 56.3 Å². The Bertz CT molecular complexity index is 809. The minimum absolute atomic E-state index is 0.0386. The average molecular weight is 395 g/mol. The normalized spacial score (nSPS) is 25.7. The molecule has 4 atom stereocenters. The molecule has 0 radical (unpaired) electrons. The topological polar surface area (TPSA) is 49.7 Å². The standard InChI is InChI=1S/C26H34O3/c1-3-17(2)19-6-4-18(5-7-19)12-22-13-21(10-11-25(22)20-8-9-20)26-15-23(28)14-24(16-27)29-26/h4-7,10-11,13,17,20,23-24,26-28H,3,8-9,12,14-16H2,1-2H3/t17?,23-,24-,26+/m0/s1. The molecule has 2 aliphatic rings. The van der Waals surface area contributed by atoms with E-state index < -0.39 is 6.10 Å². The van der Waals surface area contributed by atoms with Gasteiger partial charge in [0.05, 0.1) is 24.9 Å². The summed E-state index contributed by atoms with van der Waals surface area (Å²) in [7, 11) is 0. The number of rotatable bonds is 7. The summed E-state index contributed by atoms with van der Waals surface area (Å²) in [6, 6.07) is 15.8. The molecule has 2 aromatic carbocycles. The first-order valence-corrected chi connectivity index (χ1v) is 11.2. The minimum Gasteiger partial charge on any atom is -0.394 e. The molecule has 0 amide bonds. The van der Waals surface area contributed by atoms with E-state index in [4.69, 9.17) is 4.74 Å². The smallest absolute Gasteiger partial charge is 0.0854 e. The van der Waals surface area contributed by atoms with Gasteiger partial charge in [0.15, 0.2) is 0 Å². The van der Waals surface area contributed by atoms with Crippen LogP contribution in [0.5, 0.6) is 0 Å². The third kappa shape index (κ3) is 4.91. The van der Waals surface area contributed by atoms with Gasteiger partial charge in [-0.2, -0.15) is 0 Å². The van der Waals surface area contributed by atoms with E-state index in [0.29, 0.717) is 24.7 Å². The molecule has 1 heterocycles. The Hall–Kier alpha value is -1.68. The molecule has 2 aromatic rings. The Kier molecular flexibility index (Phi) is 6.38. The van der Waals surface area contributed by atoms with E-state index in [1.807, 2.05) is 0 Å². The molecule has 2 N–H and O–H groups in total. The molecule has 156 valence electrons. The Morgan fingerprint density at radius 1 is 1.07 bits per heavy atom. The van der Waals surface area contributed by atoms with Crippen LogP contribution in [0.2, 0.25) is 0 Å². The lowest BCUT2D eigenvalue weighted by atomic mass is 9.90. The van der Waals surface area contributed by atoms with Crippen molar-refractivity contribution in [1.29, 1.82) is 0 Å². The SMILES string of the molecule is CCC(C)c1ccc(Cc2cc([C@H]3C[C@@H](O)C[C@@H](CO)O3)ccc2C2CC2)cc1. The van der Waals surface area contributed by atoms with E-state index in [0.717, 1.165) is 18.4 Å². The van der Waals surface area contributed by atoms with Crippen molar-refractivity contribution in [2.24, 2.45) is 0 Å². The maximum absolute atomic E-state index is 10.2. The first-order chi connectivity index (χ1) is 14.1. The van der Waals surface area contributed by atoms with E-state index >= 15 is 0 Å². The summed E-state index contributed by atoms with van der Waals surface area (Å²) in [5.74, 6) is 1.30. The summed E-state index contributed by atoms with van der Waals surface area (Å²) in [5, 5.41) is 19.7. The van der Waals surface area contributed by atoms with Gasteiger partial charge in [0.2, 0.25) is 0 Å². The number of aliphatic hydroxyl groups is 2. The highest BCUT2D eigenvalue weighted by molar-refractivity contribution is 5.41. The highest BCUT2D eigenvalue weighted by Gasteiger charge is 2.31. The van der Waals surface area contributed by atoms with Crippen molar-refractivity contribution >= 4 is 0 Å². The van der Waals surface area contributed by atoms with Crippen molar-refractivity contribution in [3.63, 3.8) is 0 Å². The van der Waals surface area contributed by atoms with Crippen LogP contribution in [0.4, 0.5) is 0 Å². The summed E-state index contributed by atoms with van der Waals surface area (Å²) in [4.78, 5) is 0. The van der Waals surface area contributed by atoms with Crippen LogP contribution < -0.4 is 0 Å². The zero-order chi connectivity index (χ0) is 20.4. The van der Waals surface area contributed by atoms with Crippen LogP contribution in [0.3, 0.4) is 0 Å². The van der Waals surface area contributed by atoms with Gasteiger partial charge in [0.1, 0.15) is 0 Å². The lowest BCUT2D eigenvalue weighted by Gasteiger charge is -2.33. The fourth-order valence-electron chi connectivity index (χ4n) is 4.51. The quantitative estimate of drug-likeness (QED) is 0.675. The third-order valence-corrected chi connectivity index (χ3v) is 6.69. The van der Waals surface area contributed by atoms with Crippen LogP contribution in [0.15, 0.2) is 42.5 Å². The highest BCUT2D eigenvalue weighted by atomic mass is 16.5. The van der Waals surface area contributed by atoms with Gasteiger partial charge >= 0.3 is 0 Å². The first kappa shape index (κ1) is 20.6. The van der Waals surface area contributed by atoms with Crippen molar-refractivity contribution in [3.8, 4) is 0 Å². The fraction of sp³-hybridized carbons (Fsp3) is 0.538. The summed E-state index contributed by atoms with van der Waals surface area (Å²) in [5.41, 5.74) is 6.72. The largest absolute Gasteiger partial charge is 0.394 e. The van der Waals surface area contributed by atoms with Crippen molar-refractivity contribution in [3.05, 3.63) is 70.3 Å². The van der Waals surface area contributed by atoms with Crippen LogP contribution in [-0.2, 0) is 11.2 Å². The second kappa shape index (κ2) is 8.99. The molecule has 1 aliphatic heterocycles. The monoisotopic (exact) mass is 394 g/mol. The zero-order valence-corrected chi connectivity index (χ0v) is 17.7. The average Bonchev–Trinajstić information content (AvgIpc) is 3.58. The lowest BCUT2D eigenvalue weighted by molar-refractivity contribution is -0.113. The van der Waals surface area contributed by atoms with E-state index in [9.17, 15) is 10.2 Å². The number of hydrogen-bond donors (Lipinski definition) is 2. The summed E-state index contributed by atoms with van der Waals surface area (Å²) >= 11 is 0. The molecule has 0 aromatic heterocycles. The Morgan fingerprint density at radius 2 is 1.83 bits per heavy atom. The maximum Gasteiger partial charge on any atom is 0.0854 e. The number of ether oxygens (including phenoxy) is 1. The molecule has 0 spiro atoms. The van der Waals surface area contributed by atoms with Crippen molar-refractivity contribution in [2.75, 3.05) is 6.61 Å². The van der Waals surface area contributed by atoms with E-state index in [1.165, 1.54) is 35.1 Å². The van der Waals surface area contributed by atoms with E-state index in [1.54, 1.807) is 0 Å². The van der Waals surface area contributed by atoms with Gasteiger partial charge in [0, 0.05) is 12.8 Å². The molecule has 0 bridgehead atoms. The van der Waals surface area contributed by atoms with Crippen LogP contribution in [0, 0.1) is 0 Å². The predicted molar refractivity (Wildman–Crippen MR) is 116 cm³/mol. The molecule has 4 rings (SSSR count). The molecule has 2 fully saturated rings. The minimum atomic E-state index is -0.412. The Balaban J connectivity index is 1.57. The van der Waals surface area contributed by atoms with Gasteiger partial charge in [-0.25, -0.2) is 0 Å². The molecular weight excluding hydrogens is 360 g/mol. The van der Waals surface area contributed by atoms with Gasteiger partial charge < -0.3 is 14.9 Å². The summed E-state index contributed by atoms with van der Waals surface area (Å²) in [6.07, 6.45) is 4.94. The molecule has 29 heavy (non-hydrogen) atoms. The van der Waals surface area contributed by atoms with Crippen molar-refractivity contribution < 1.29 is 14.9 Å². The summed E-state index contributed by atoms with van der Waals surface area (Å²) in [6.45, 7) is 4.47. The van der Waals surface area contributed by atoms with Gasteiger partial charge in [0.25, 0.3) is 0 Å². The Labute approximate surface area is 174 Å². The van der Waals surface area contributed by atoms with Gasteiger partial charge in [-0.1, -0.05) is 56.3 Å². The van der Waals surface area contributed by atoms with Crippen molar-refractivity contribution in [1.82, 2.24) is 0 Å². The lowest BCUT2D eigenvalue weighted by Crippen LogP contribution is -2.33. The van der Waals surface area contributed by atoms with Gasteiger partial charge in [-0.15, -0.1) is 0 Å². The van der Waals surface area contributed by atoms with Crippen LogP contribution in [0.25, 0.3) is 0 Å². The van der Waals surface area contributed by atoms with Crippen LogP contribution in [-0.4, -0.2) is 29.0 Å². The highest BCUT2D eigenvalue weighted by Crippen LogP contribution is 2.43. The zero-order valence-electron chi connectivity index (χ0n) is 17.7. The third-order valence-electron chi connectivity index (χ3n) is 6.69. The summed E-state index contributed by atoms with van der Waals surface area (Å²) < 4.78 is 6.06. The number of hydrogen-bond acceptors (Lipinski definition) is 3. The van der Waals surface area contributed by atoms with Crippen molar-refractivity contribution in [2.45, 2.75) is 82.5 Å². The molecule has 1 unspecified atom stereocenters. The van der Waals surface area contributed by atoms with Crippen LogP contribution in [0.1, 0.15) is 91.7 Å². The molecular formula is C26H34O3. The molecule has 1 saturated carbocycles. The number of aliphatic hydroxyl groups excluding tert-OH is 2. The van der Waals surface area contributed by atoms with Gasteiger partial charge in [-0.3, -0.25) is 0 Å². The maximum atomic E-state index is 10.2. The molecule has 3 heteroatoms.